The summed E-state index contributed by atoms with van der Waals surface area (Å²) in [5.74, 6) is -0.0176. The van der Waals surface area contributed by atoms with E-state index in [-0.39, 0.29) is 12.4 Å². The third-order valence-electron chi connectivity index (χ3n) is 4.33. The lowest BCUT2D eigenvalue weighted by Crippen LogP contribution is -2.32. The van der Waals surface area contributed by atoms with Crippen molar-refractivity contribution < 1.29 is 23.1 Å². The number of carboxylic acid groups (broad SMARTS) is 1. The van der Waals surface area contributed by atoms with Crippen molar-refractivity contribution in [3.05, 3.63) is 70.3 Å². The van der Waals surface area contributed by atoms with Crippen LogP contribution in [0.25, 0.3) is 0 Å². The van der Waals surface area contributed by atoms with Gasteiger partial charge in [-0.15, -0.1) is 0 Å². The van der Waals surface area contributed by atoms with Gasteiger partial charge >= 0.3 is 6.18 Å². The van der Waals surface area contributed by atoms with E-state index in [0.29, 0.717) is 6.54 Å². The van der Waals surface area contributed by atoms with E-state index in [1.54, 1.807) is 6.92 Å². The molecule has 25 heavy (non-hydrogen) atoms. The molecule has 1 atom stereocenters. The van der Waals surface area contributed by atoms with Crippen LogP contribution in [0.5, 0.6) is 0 Å². The van der Waals surface area contributed by atoms with Gasteiger partial charge in [-0.1, -0.05) is 30.3 Å². The summed E-state index contributed by atoms with van der Waals surface area (Å²) in [6.45, 7) is 2.95. The molecule has 1 N–H and O–H groups in total. The van der Waals surface area contributed by atoms with Crippen molar-refractivity contribution in [2.45, 2.75) is 25.6 Å². The molecule has 1 heterocycles. The molecule has 1 aliphatic rings. The highest BCUT2D eigenvalue weighted by Gasteiger charge is 2.34. The summed E-state index contributed by atoms with van der Waals surface area (Å²) < 4.78 is 39.4. The Balaban J connectivity index is 0.000000701. The summed E-state index contributed by atoms with van der Waals surface area (Å²) in [5, 5.41) is 6.89. The van der Waals surface area contributed by atoms with Crippen molar-refractivity contribution in [2.75, 3.05) is 13.6 Å². The lowest BCUT2D eigenvalue weighted by molar-refractivity contribution is -0.137. The fraction of sp³-hybridized carbons (Fsp3) is 0.316. The first-order chi connectivity index (χ1) is 11.8. The Bertz CT molecular complexity index is 729. The van der Waals surface area contributed by atoms with Crippen LogP contribution in [0.15, 0.2) is 42.5 Å². The average Bonchev–Trinajstić information content (AvgIpc) is 2.55. The molecule has 0 bridgehead atoms. The van der Waals surface area contributed by atoms with Gasteiger partial charge in [0, 0.05) is 19.0 Å². The number of rotatable bonds is 1. The van der Waals surface area contributed by atoms with E-state index in [1.165, 1.54) is 12.1 Å². The first-order valence-electron chi connectivity index (χ1n) is 7.80. The highest BCUT2D eigenvalue weighted by atomic mass is 19.4. The van der Waals surface area contributed by atoms with Gasteiger partial charge in [0.1, 0.15) is 0 Å². The van der Waals surface area contributed by atoms with Crippen LogP contribution in [-0.4, -0.2) is 30.1 Å². The fourth-order valence-electron chi connectivity index (χ4n) is 3.25. The van der Waals surface area contributed by atoms with Gasteiger partial charge in [-0.3, -0.25) is 4.79 Å². The van der Waals surface area contributed by atoms with E-state index in [9.17, 15) is 13.2 Å². The minimum atomic E-state index is -4.30. The lowest BCUT2D eigenvalue weighted by atomic mass is 9.82. The van der Waals surface area contributed by atoms with Gasteiger partial charge in [0.25, 0.3) is 6.47 Å². The zero-order valence-electron chi connectivity index (χ0n) is 14.0. The molecule has 0 fully saturated rings. The third-order valence-corrected chi connectivity index (χ3v) is 4.33. The van der Waals surface area contributed by atoms with Gasteiger partial charge in [0.15, 0.2) is 0 Å². The van der Waals surface area contributed by atoms with Gasteiger partial charge in [0.2, 0.25) is 0 Å². The van der Waals surface area contributed by atoms with Crippen molar-refractivity contribution in [3.8, 4) is 0 Å². The maximum Gasteiger partial charge on any atom is 0.416 e. The van der Waals surface area contributed by atoms with Gasteiger partial charge in [-0.2, -0.15) is 13.2 Å². The van der Waals surface area contributed by atoms with Crippen molar-refractivity contribution in [1.82, 2.24) is 4.90 Å². The largest absolute Gasteiger partial charge is 0.483 e. The topological polar surface area (TPSA) is 40.5 Å². The van der Waals surface area contributed by atoms with Crippen LogP contribution in [0, 0.1) is 6.92 Å². The van der Waals surface area contributed by atoms with Gasteiger partial charge in [-0.25, -0.2) is 0 Å². The Labute approximate surface area is 144 Å². The Morgan fingerprint density at radius 1 is 1.20 bits per heavy atom. The summed E-state index contributed by atoms with van der Waals surface area (Å²) in [6.07, 6.45) is -4.30. The summed E-state index contributed by atoms with van der Waals surface area (Å²) in [4.78, 5) is 10.5. The van der Waals surface area contributed by atoms with Crippen LogP contribution in [-0.2, 0) is 17.5 Å². The summed E-state index contributed by atoms with van der Waals surface area (Å²) in [5.41, 5.74) is 3.08. The molecule has 1 aliphatic heterocycles. The molecule has 0 saturated heterocycles. The zero-order valence-corrected chi connectivity index (χ0v) is 14.0. The minimum absolute atomic E-state index is 0.0176. The first kappa shape index (κ1) is 19.0. The normalized spacial score (nSPS) is 17.2. The maximum absolute atomic E-state index is 13.1. The van der Waals surface area contributed by atoms with E-state index in [1.807, 2.05) is 37.4 Å². The van der Waals surface area contributed by atoms with Crippen LogP contribution in [0.4, 0.5) is 13.2 Å². The van der Waals surface area contributed by atoms with Crippen LogP contribution in [0.2, 0.25) is 0 Å². The van der Waals surface area contributed by atoms with E-state index in [4.69, 9.17) is 9.90 Å². The zero-order chi connectivity index (χ0) is 18.6. The molecule has 0 radical (unpaired) electrons. The molecule has 134 valence electrons. The van der Waals surface area contributed by atoms with Crippen LogP contribution < -0.4 is 0 Å². The molecule has 3 rings (SSSR count). The van der Waals surface area contributed by atoms with Gasteiger partial charge < -0.3 is 10.0 Å². The average molecular weight is 351 g/mol. The molecule has 2 aromatic rings. The molecule has 0 aliphatic carbocycles. The molecule has 0 amide bonds. The standard InChI is InChI=1S/C18H18F3N.CH2O2/c1-12-8-14(18(19,20)21)9-15-16(12)10-22(2)11-17(15)13-6-4-3-5-7-13;2-1-3/h3-9,17H,10-11H2,1-2H3;1H,(H,2,3). The molecular formula is C19H20F3NO2. The lowest BCUT2D eigenvalue weighted by Gasteiger charge is -2.34. The first-order valence-corrected chi connectivity index (χ1v) is 7.80. The van der Waals surface area contributed by atoms with E-state index in [0.717, 1.165) is 28.8 Å². The predicted octanol–water partition coefficient (Wildman–Crippen LogP) is 4.29. The van der Waals surface area contributed by atoms with E-state index in [2.05, 4.69) is 4.90 Å². The van der Waals surface area contributed by atoms with Crippen LogP contribution >= 0.6 is 0 Å². The van der Waals surface area contributed by atoms with E-state index >= 15 is 0 Å². The molecule has 0 spiro atoms. The van der Waals surface area contributed by atoms with Crippen LogP contribution in [0.1, 0.15) is 33.7 Å². The summed E-state index contributed by atoms with van der Waals surface area (Å²) in [6, 6.07) is 12.4. The number of hydrogen-bond acceptors (Lipinski definition) is 2. The highest BCUT2D eigenvalue weighted by Crippen LogP contribution is 2.39. The molecule has 3 nitrogen and oxygen atoms in total. The molecular weight excluding hydrogens is 331 g/mol. The van der Waals surface area contributed by atoms with Gasteiger partial charge in [0.05, 0.1) is 5.56 Å². The number of fused-ring (bicyclic) bond motifs is 1. The van der Waals surface area contributed by atoms with E-state index < -0.39 is 11.7 Å². The third kappa shape index (κ3) is 4.39. The van der Waals surface area contributed by atoms with Gasteiger partial charge in [-0.05, 0) is 48.4 Å². The van der Waals surface area contributed by atoms with Crippen molar-refractivity contribution in [2.24, 2.45) is 0 Å². The molecule has 0 aromatic heterocycles. The fourth-order valence-corrected chi connectivity index (χ4v) is 3.25. The number of hydrogen-bond donors (Lipinski definition) is 1. The number of halogens is 3. The Morgan fingerprint density at radius 2 is 1.80 bits per heavy atom. The molecule has 1 unspecified atom stereocenters. The highest BCUT2D eigenvalue weighted by molar-refractivity contribution is 5.47. The predicted molar refractivity (Wildman–Crippen MR) is 89.5 cm³/mol. The smallest absolute Gasteiger partial charge is 0.416 e. The Morgan fingerprint density at radius 3 is 2.36 bits per heavy atom. The van der Waals surface area contributed by atoms with Crippen LogP contribution in [0.3, 0.4) is 0 Å². The molecule has 6 heteroatoms. The molecule has 2 aromatic carbocycles. The minimum Gasteiger partial charge on any atom is -0.483 e. The SMILES string of the molecule is Cc1cc(C(F)(F)F)cc2c1CN(C)CC2c1ccccc1.O=CO. The second-order valence-electron chi connectivity index (χ2n) is 6.12. The summed E-state index contributed by atoms with van der Waals surface area (Å²) in [7, 11) is 2.01. The van der Waals surface area contributed by atoms with Crippen molar-refractivity contribution >= 4 is 6.47 Å². The molecule has 0 saturated carbocycles. The number of aryl methyl sites for hydroxylation is 1. The number of likely N-dealkylation sites (N-methyl/N-ethyl adjacent to an activating group) is 1. The second kappa shape index (κ2) is 7.70. The van der Waals surface area contributed by atoms with Crippen molar-refractivity contribution in [3.63, 3.8) is 0 Å². The van der Waals surface area contributed by atoms with Crippen molar-refractivity contribution in [1.29, 1.82) is 0 Å². The Hall–Kier alpha value is -2.34. The second-order valence-corrected chi connectivity index (χ2v) is 6.12. The number of nitrogens with zero attached hydrogens (tertiary/aromatic N) is 1. The Kier molecular flexibility index (Phi) is 5.85. The quantitative estimate of drug-likeness (QED) is 0.779. The number of benzene rings is 2. The number of carbonyl (C=O) groups is 1. The maximum atomic E-state index is 13.1. The summed E-state index contributed by atoms with van der Waals surface area (Å²) >= 11 is 0. The number of alkyl halides is 3. The monoisotopic (exact) mass is 351 g/mol.